The molecule has 2 aromatic rings. The van der Waals surface area contributed by atoms with Gasteiger partial charge in [-0.1, -0.05) is 72.8 Å². The van der Waals surface area contributed by atoms with Crippen molar-refractivity contribution in [1.29, 1.82) is 0 Å². The minimum Gasteiger partial charge on any atom is -0.463 e. The highest BCUT2D eigenvalue weighted by molar-refractivity contribution is 5.71. The summed E-state index contributed by atoms with van der Waals surface area (Å²) in [4.78, 5) is 12.0. The third-order valence-electron chi connectivity index (χ3n) is 3.49. The van der Waals surface area contributed by atoms with Gasteiger partial charge >= 0.3 is 5.97 Å². The molecule has 1 unspecified atom stereocenters. The number of carbonyl (C=O) groups excluding carboxylic acids is 1. The maximum atomic E-state index is 12.0. The SMILES string of the molecule is CC(C)OC(=O)CC(/C=C/c1ccccc1)NCc1ccccc1. The van der Waals surface area contributed by atoms with Gasteiger partial charge in [-0.25, -0.2) is 0 Å². The summed E-state index contributed by atoms with van der Waals surface area (Å²) in [6.07, 6.45) is 4.28. The van der Waals surface area contributed by atoms with E-state index in [-0.39, 0.29) is 18.1 Å². The van der Waals surface area contributed by atoms with Crippen molar-refractivity contribution in [2.75, 3.05) is 0 Å². The Morgan fingerprint density at radius 1 is 1.04 bits per heavy atom. The van der Waals surface area contributed by atoms with Gasteiger partial charge in [-0.05, 0) is 25.0 Å². The van der Waals surface area contributed by atoms with Crippen LogP contribution >= 0.6 is 0 Å². The third-order valence-corrected chi connectivity index (χ3v) is 3.49. The van der Waals surface area contributed by atoms with Crippen molar-refractivity contribution in [3.8, 4) is 0 Å². The van der Waals surface area contributed by atoms with Gasteiger partial charge in [0.25, 0.3) is 0 Å². The second-order valence-corrected chi connectivity index (χ2v) is 5.99. The first-order valence-electron chi connectivity index (χ1n) is 8.33. The fourth-order valence-electron chi connectivity index (χ4n) is 2.34. The van der Waals surface area contributed by atoms with E-state index in [0.29, 0.717) is 13.0 Å². The van der Waals surface area contributed by atoms with Crippen LogP contribution in [0, 0.1) is 0 Å². The molecule has 0 saturated heterocycles. The molecule has 0 aliphatic heterocycles. The van der Waals surface area contributed by atoms with Gasteiger partial charge in [-0.2, -0.15) is 0 Å². The van der Waals surface area contributed by atoms with E-state index in [2.05, 4.69) is 17.4 Å². The van der Waals surface area contributed by atoms with Crippen LogP contribution in [0.5, 0.6) is 0 Å². The predicted molar refractivity (Wildman–Crippen MR) is 98.4 cm³/mol. The lowest BCUT2D eigenvalue weighted by Crippen LogP contribution is -2.30. The molecule has 3 heteroatoms. The Morgan fingerprint density at radius 2 is 1.67 bits per heavy atom. The lowest BCUT2D eigenvalue weighted by atomic mass is 10.1. The molecular weight excluding hydrogens is 298 g/mol. The maximum absolute atomic E-state index is 12.0. The monoisotopic (exact) mass is 323 g/mol. The summed E-state index contributed by atoms with van der Waals surface area (Å²) in [7, 11) is 0. The Bertz CT molecular complexity index is 635. The summed E-state index contributed by atoms with van der Waals surface area (Å²) in [5.74, 6) is -0.187. The molecule has 3 nitrogen and oxygen atoms in total. The second-order valence-electron chi connectivity index (χ2n) is 5.99. The van der Waals surface area contributed by atoms with E-state index >= 15 is 0 Å². The van der Waals surface area contributed by atoms with Gasteiger partial charge in [0, 0.05) is 12.6 Å². The molecule has 126 valence electrons. The molecule has 0 amide bonds. The van der Waals surface area contributed by atoms with Crippen LogP contribution in [-0.4, -0.2) is 18.1 Å². The summed E-state index contributed by atoms with van der Waals surface area (Å²) in [5, 5.41) is 3.42. The van der Waals surface area contributed by atoms with Gasteiger partial charge in [0.2, 0.25) is 0 Å². The molecule has 0 spiro atoms. The molecule has 0 fully saturated rings. The normalized spacial score (nSPS) is 12.5. The molecule has 24 heavy (non-hydrogen) atoms. The maximum Gasteiger partial charge on any atom is 0.307 e. The van der Waals surface area contributed by atoms with Gasteiger partial charge in [0.1, 0.15) is 0 Å². The fourth-order valence-corrected chi connectivity index (χ4v) is 2.34. The zero-order valence-corrected chi connectivity index (χ0v) is 14.3. The highest BCUT2D eigenvalue weighted by Crippen LogP contribution is 2.07. The summed E-state index contributed by atoms with van der Waals surface area (Å²) >= 11 is 0. The van der Waals surface area contributed by atoms with Crippen LogP contribution in [0.2, 0.25) is 0 Å². The van der Waals surface area contributed by atoms with Crippen molar-refractivity contribution in [1.82, 2.24) is 5.32 Å². The largest absolute Gasteiger partial charge is 0.463 e. The summed E-state index contributed by atoms with van der Waals surface area (Å²) in [5.41, 5.74) is 2.30. The molecule has 2 rings (SSSR count). The highest BCUT2D eigenvalue weighted by atomic mass is 16.5. The van der Waals surface area contributed by atoms with E-state index in [4.69, 9.17) is 4.74 Å². The average molecular weight is 323 g/mol. The summed E-state index contributed by atoms with van der Waals surface area (Å²) in [6, 6.07) is 20.1. The zero-order valence-electron chi connectivity index (χ0n) is 14.3. The van der Waals surface area contributed by atoms with E-state index in [0.717, 1.165) is 5.56 Å². The Kier molecular flexibility index (Phi) is 7.24. The highest BCUT2D eigenvalue weighted by Gasteiger charge is 2.13. The summed E-state index contributed by atoms with van der Waals surface area (Å²) < 4.78 is 5.27. The molecule has 0 aliphatic rings. The Labute approximate surface area is 144 Å². The van der Waals surface area contributed by atoms with E-state index < -0.39 is 0 Å². The van der Waals surface area contributed by atoms with Crippen LogP contribution < -0.4 is 5.32 Å². The van der Waals surface area contributed by atoms with Crippen molar-refractivity contribution >= 4 is 12.0 Å². The van der Waals surface area contributed by atoms with Gasteiger partial charge < -0.3 is 10.1 Å². The Balaban J connectivity index is 2.00. The standard InChI is InChI=1S/C21H25NO2/c1-17(2)24-21(23)15-20(14-13-18-9-5-3-6-10-18)22-16-19-11-7-4-8-12-19/h3-14,17,20,22H,15-16H2,1-2H3/b14-13+. The lowest BCUT2D eigenvalue weighted by molar-refractivity contribution is -0.147. The minimum atomic E-state index is -0.187. The Morgan fingerprint density at radius 3 is 2.29 bits per heavy atom. The predicted octanol–water partition coefficient (Wildman–Crippen LogP) is 4.20. The number of carbonyl (C=O) groups is 1. The third kappa shape index (κ3) is 6.80. The second kappa shape index (κ2) is 9.68. The van der Waals surface area contributed by atoms with Crippen LogP contribution in [-0.2, 0) is 16.1 Å². The molecule has 0 saturated carbocycles. The molecule has 2 aromatic carbocycles. The molecule has 1 N–H and O–H groups in total. The number of hydrogen-bond acceptors (Lipinski definition) is 3. The number of benzene rings is 2. The van der Waals surface area contributed by atoms with E-state index in [9.17, 15) is 4.79 Å². The van der Waals surface area contributed by atoms with Gasteiger partial charge in [0.05, 0.1) is 12.5 Å². The van der Waals surface area contributed by atoms with Crippen LogP contribution in [0.4, 0.5) is 0 Å². The number of rotatable bonds is 8. The number of ether oxygens (including phenoxy) is 1. The molecule has 0 heterocycles. The molecule has 0 aliphatic carbocycles. The van der Waals surface area contributed by atoms with E-state index in [1.807, 2.05) is 74.5 Å². The first-order chi connectivity index (χ1) is 11.6. The van der Waals surface area contributed by atoms with Crippen LogP contribution in [0.1, 0.15) is 31.4 Å². The first kappa shape index (κ1) is 18.0. The van der Waals surface area contributed by atoms with Crippen LogP contribution in [0.15, 0.2) is 66.7 Å². The fraction of sp³-hybridized carbons (Fsp3) is 0.286. The molecular formula is C21H25NO2. The molecule has 1 atom stereocenters. The van der Waals surface area contributed by atoms with Crippen molar-refractivity contribution in [2.24, 2.45) is 0 Å². The number of nitrogens with one attached hydrogen (secondary N) is 1. The van der Waals surface area contributed by atoms with E-state index in [1.165, 1.54) is 5.56 Å². The molecule has 0 bridgehead atoms. The minimum absolute atomic E-state index is 0.0725. The smallest absolute Gasteiger partial charge is 0.307 e. The topological polar surface area (TPSA) is 38.3 Å². The molecule has 0 aromatic heterocycles. The van der Waals surface area contributed by atoms with Crippen molar-refractivity contribution in [3.05, 3.63) is 77.9 Å². The lowest BCUT2D eigenvalue weighted by Gasteiger charge is -2.16. The summed E-state index contributed by atoms with van der Waals surface area (Å²) in [6.45, 7) is 4.44. The average Bonchev–Trinajstić information content (AvgIpc) is 2.58. The quantitative estimate of drug-likeness (QED) is 0.740. The van der Waals surface area contributed by atoms with E-state index in [1.54, 1.807) is 0 Å². The van der Waals surface area contributed by atoms with Crippen LogP contribution in [0.25, 0.3) is 6.08 Å². The zero-order chi connectivity index (χ0) is 17.2. The van der Waals surface area contributed by atoms with Crippen molar-refractivity contribution in [3.63, 3.8) is 0 Å². The van der Waals surface area contributed by atoms with Gasteiger partial charge in [0.15, 0.2) is 0 Å². The molecule has 0 radical (unpaired) electrons. The van der Waals surface area contributed by atoms with Gasteiger partial charge in [-0.15, -0.1) is 0 Å². The van der Waals surface area contributed by atoms with Crippen LogP contribution in [0.3, 0.4) is 0 Å². The number of hydrogen-bond donors (Lipinski definition) is 1. The van der Waals surface area contributed by atoms with Gasteiger partial charge in [-0.3, -0.25) is 4.79 Å². The van der Waals surface area contributed by atoms with Crippen molar-refractivity contribution in [2.45, 2.75) is 39.0 Å². The Hall–Kier alpha value is -2.39. The number of esters is 1. The van der Waals surface area contributed by atoms with Crippen molar-refractivity contribution < 1.29 is 9.53 Å². The first-order valence-corrected chi connectivity index (χ1v) is 8.33.